The SMILES string of the molecule is CSc1ncc2c(n1)NCCN(c1cccc(-n3cc(CCN(C)C(=O)OC(C)(C)C)nn3)c1)C2=O. The summed E-state index contributed by atoms with van der Waals surface area (Å²) in [4.78, 5) is 37.4. The smallest absolute Gasteiger partial charge is 0.410 e. The second-order valence-electron chi connectivity index (χ2n) is 9.33. The van der Waals surface area contributed by atoms with E-state index in [9.17, 15) is 9.59 Å². The van der Waals surface area contributed by atoms with Crippen molar-refractivity contribution in [1.82, 2.24) is 29.9 Å². The van der Waals surface area contributed by atoms with E-state index in [0.717, 1.165) is 17.1 Å². The Morgan fingerprint density at radius 1 is 1.28 bits per heavy atom. The van der Waals surface area contributed by atoms with Gasteiger partial charge in [-0.15, -0.1) is 5.10 Å². The minimum atomic E-state index is -0.545. The minimum absolute atomic E-state index is 0.163. The van der Waals surface area contributed by atoms with Gasteiger partial charge in [0.25, 0.3) is 5.91 Å². The number of amides is 2. The molecule has 2 amide bonds. The monoisotopic (exact) mass is 510 g/mol. The fourth-order valence-corrected chi connectivity index (χ4v) is 3.93. The number of benzene rings is 1. The summed E-state index contributed by atoms with van der Waals surface area (Å²) in [6, 6.07) is 7.56. The van der Waals surface area contributed by atoms with Crippen LogP contribution in [-0.4, -0.2) is 80.4 Å². The molecule has 190 valence electrons. The van der Waals surface area contributed by atoms with Crippen molar-refractivity contribution in [2.45, 2.75) is 37.9 Å². The lowest BCUT2D eigenvalue weighted by atomic mass is 10.2. The molecule has 36 heavy (non-hydrogen) atoms. The third kappa shape index (κ3) is 5.93. The molecule has 1 N–H and O–H groups in total. The summed E-state index contributed by atoms with van der Waals surface area (Å²) in [6.07, 6.45) is 5.44. The number of thioether (sulfide) groups is 1. The fraction of sp³-hybridized carbons (Fsp3) is 0.417. The lowest BCUT2D eigenvalue weighted by molar-refractivity contribution is 0.0300. The third-order valence-corrected chi connectivity index (χ3v) is 5.97. The van der Waals surface area contributed by atoms with Crippen LogP contribution in [0.2, 0.25) is 0 Å². The van der Waals surface area contributed by atoms with Gasteiger partial charge >= 0.3 is 6.09 Å². The van der Waals surface area contributed by atoms with E-state index in [0.29, 0.717) is 42.6 Å². The number of nitrogens with zero attached hydrogens (tertiary/aromatic N) is 7. The third-order valence-electron chi connectivity index (χ3n) is 5.41. The summed E-state index contributed by atoms with van der Waals surface area (Å²) in [7, 11) is 1.69. The van der Waals surface area contributed by atoms with Gasteiger partial charge in [0.1, 0.15) is 17.0 Å². The first kappa shape index (κ1) is 25.4. The molecule has 3 heterocycles. The zero-order valence-corrected chi connectivity index (χ0v) is 21.9. The molecule has 0 saturated carbocycles. The Morgan fingerprint density at radius 3 is 2.81 bits per heavy atom. The molecular weight excluding hydrogens is 480 g/mol. The van der Waals surface area contributed by atoms with E-state index in [1.165, 1.54) is 16.7 Å². The first-order valence-corrected chi connectivity index (χ1v) is 12.8. The topological polar surface area (TPSA) is 118 Å². The maximum absolute atomic E-state index is 13.3. The summed E-state index contributed by atoms with van der Waals surface area (Å²) in [5.41, 5.74) is 2.14. The summed E-state index contributed by atoms with van der Waals surface area (Å²) in [5.74, 6) is 0.388. The lowest BCUT2D eigenvalue weighted by Gasteiger charge is -2.24. The van der Waals surface area contributed by atoms with Gasteiger partial charge in [0.05, 0.1) is 17.6 Å². The highest BCUT2D eigenvalue weighted by atomic mass is 32.2. The molecule has 0 aliphatic carbocycles. The number of rotatable bonds is 6. The molecule has 0 unspecified atom stereocenters. The molecule has 1 aromatic carbocycles. The highest BCUT2D eigenvalue weighted by molar-refractivity contribution is 7.98. The predicted molar refractivity (Wildman–Crippen MR) is 138 cm³/mol. The summed E-state index contributed by atoms with van der Waals surface area (Å²) in [6.45, 7) is 6.99. The Morgan fingerprint density at radius 2 is 2.06 bits per heavy atom. The van der Waals surface area contributed by atoms with E-state index >= 15 is 0 Å². The number of fused-ring (bicyclic) bond motifs is 1. The van der Waals surface area contributed by atoms with Gasteiger partial charge in [0.2, 0.25) is 0 Å². The molecule has 1 aliphatic heterocycles. The second-order valence-corrected chi connectivity index (χ2v) is 10.1. The Bertz CT molecular complexity index is 1260. The van der Waals surface area contributed by atoms with Gasteiger partial charge in [-0.2, -0.15) is 0 Å². The molecule has 0 atom stereocenters. The van der Waals surface area contributed by atoms with Crippen LogP contribution in [0.1, 0.15) is 36.8 Å². The fourth-order valence-electron chi connectivity index (χ4n) is 3.59. The first-order chi connectivity index (χ1) is 17.1. The van der Waals surface area contributed by atoms with Gasteiger partial charge in [-0.05, 0) is 45.2 Å². The minimum Gasteiger partial charge on any atom is -0.444 e. The van der Waals surface area contributed by atoms with E-state index in [1.807, 2.05) is 57.5 Å². The van der Waals surface area contributed by atoms with E-state index in [4.69, 9.17) is 4.74 Å². The van der Waals surface area contributed by atoms with Crippen molar-refractivity contribution in [3.63, 3.8) is 0 Å². The number of carbonyl (C=O) groups excluding carboxylic acids is 2. The van der Waals surface area contributed by atoms with Crippen LogP contribution in [0.3, 0.4) is 0 Å². The second kappa shape index (κ2) is 10.5. The molecular formula is C24H30N8O3S. The van der Waals surface area contributed by atoms with Gasteiger partial charge in [0.15, 0.2) is 5.16 Å². The number of carbonyl (C=O) groups is 2. The first-order valence-electron chi connectivity index (χ1n) is 11.6. The van der Waals surface area contributed by atoms with Crippen LogP contribution in [0.5, 0.6) is 0 Å². The van der Waals surface area contributed by atoms with Crippen molar-refractivity contribution < 1.29 is 14.3 Å². The average molecular weight is 511 g/mol. The van der Waals surface area contributed by atoms with Crippen LogP contribution in [-0.2, 0) is 11.2 Å². The van der Waals surface area contributed by atoms with Crippen molar-refractivity contribution in [2.75, 3.05) is 43.2 Å². The number of hydrogen-bond acceptors (Lipinski definition) is 9. The van der Waals surface area contributed by atoms with Crippen molar-refractivity contribution in [2.24, 2.45) is 0 Å². The Balaban J connectivity index is 1.47. The molecule has 0 fully saturated rings. The van der Waals surface area contributed by atoms with E-state index in [1.54, 1.807) is 22.8 Å². The average Bonchev–Trinajstić information content (AvgIpc) is 3.26. The molecule has 2 aromatic heterocycles. The zero-order chi connectivity index (χ0) is 25.9. The van der Waals surface area contributed by atoms with Crippen LogP contribution in [0.25, 0.3) is 5.69 Å². The summed E-state index contributed by atoms with van der Waals surface area (Å²) >= 11 is 1.43. The van der Waals surface area contributed by atoms with Crippen molar-refractivity contribution in [3.8, 4) is 5.69 Å². The van der Waals surface area contributed by atoms with Crippen LogP contribution >= 0.6 is 11.8 Å². The highest BCUT2D eigenvalue weighted by Crippen LogP contribution is 2.26. The quantitative estimate of drug-likeness (QED) is 0.394. The van der Waals surface area contributed by atoms with E-state index in [2.05, 4.69) is 25.6 Å². The maximum Gasteiger partial charge on any atom is 0.410 e. The molecule has 0 saturated heterocycles. The van der Waals surface area contributed by atoms with Crippen LogP contribution < -0.4 is 10.2 Å². The number of aromatic nitrogens is 5. The molecule has 11 nitrogen and oxygen atoms in total. The van der Waals surface area contributed by atoms with Crippen molar-refractivity contribution in [3.05, 3.63) is 47.9 Å². The van der Waals surface area contributed by atoms with Gasteiger partial charge < -0.3 is 19.9 Å². The van der Waals surface area contributed by atoms with E-state index < -0.39 is 5.60 Å². The molecule has 12 heteroatoms. The number of nitrogens with one attached hydrogen (secondary N) is 1. The molecule has 3 aromatic rings. The Labute approximate surface area is 214 Å². The van der Waals surface area contributed by atoms with Crippen LogP contribution in [0.15, 0.2) is 41.8 Å². The van der Waals surface area contributed by atoms with Gasteiger partial charge in [0, 0.05) is 45.0 Å². The van der Waals surface area contributed by atoms with Crippen LogP contribution in [0.4, 0.5) is 16.3 Å². The normalized spacial score (nSPS) is 13.6. The Kier molecular flexibility index (Phi) is 7.43. The summed E-state index contributed by atoms with van der Waals surface area (Å²) in [5, 5.41) is 12.3. The number of hydrogen-bond donors (Lipinski definition) is 1. The molecule has 0 bridgehead atoms. The molecule has 0 spiro atoms. The largest absolute Gasteiger partial charge is 0.444 e. The van der Waals surface area contributed by atoms with Gasteiger partial charge in [-0.3, -0.25) is 4.79 Å². The standard InChI is InChI=1S/C24H30N8O3S/c1-24(2,3)35-23(34)30(4)11-9-16-15-32(29-28-16)18-8-6-7-17(13-18)31-12-10-25-20-19(21(31)33)14-26-22(27-20)36-5/h6-8,13-15H,9-12H2,1-5H3,(H,25,26,27). The summed E-state index contributed by atoms with van der Waals surface area (Å²) < 4.78 is 7.05. The lowest BCUT2D eigenvalue weighted by Crippen LogP contribution is -2.35. The van der Waals surface area contributed by atoms with Gasteiger partial charge in [-0.25, -0.2) is 19.4 Å². The van der Waals surface area contributed by atoms with Gasteiger partial charge in [-0.1, -0.05) is 23.0 Å². The maximum atomic E-state index is 13.3. The predicted octanol–water partition coefficient (Wildman–Crippen LogP) is 3.26. The zero-order valence-electron chi connectivity index (χ0n) is 21.1. The molecule has 4 rings (SSSR count). The Hall–Kier alpha value is -3.67. The van der Waals surface area contributed by atoms with E-state index in [-0.39, 0.29) is 12.0 Å². The number of ether oxygens (including phenoxy) is 1. The van der Waals surface area contributed by atoms with Crippen molar-refractivity contribution >= 4 is 35.3 Å². The number of likely N-dealkylation sites (N-methyl/N-ethyl adjacent to an activating group) is 1. The van der Waals surface area contributed by atoms with Crippen LogP contribution in [0, 0.1) is 0 Å². The van der Waals surface area contributed by atoms with Crippen molar-refractivity contribution in [1.29, 1.82) is 0 Å². The molecule has 0 radical (unpaired) electrons. The number of anilines is 2. The highest BCUT2D eigenvalue weighted by Gasteiger charge is 2.26. The molecule has 1 aliphatic rings.